The first kappa shape index (κ1) is 15.3. The third-order valence-electron chi connectivity index (χ3n) is 3.96. The van der Waals surface area contributed by atoms with Crippen molar-refractivity contribution in [1.82, 2.24) is 10.3 Å². The molecule has 1 saturated carbocycles. The molecule has 0 aliphatic heterocycles. The van der Waals surface area contributed by atoms with Crippen molar-refractivity contribution < 1.29 is 4.74 Å². The smallest absolute Gasteiger partial charge is 0.218 e. The molecule has 112 valence electrons. The summed E-state index contributed by atoms with van der Waals surface area (Å²) in [6.07, 6.45) is 5.77. The number of pyridine rings is 1. The van der Waals surface area contributed by atoms with E-state index in [4.69, 9.17) is 4.74 Å². The molecule has 1 aromatic rings. The predicted molar refractivity (Wildman–Crippen MR) is 82.8 cm³/mol. The summed E-state index contributed by atoms with van der Waals surface area (Å²) in [5.74, 6) is 2.32. The standard InChI is InChI=1S/C17H28N2O/c1-12(2)19-11-15-6-5-7-18-17(15)20-16-9-13(3)8-14(4)10-16/h5-7,12-14,16,19H,8-11H2,1-4H3. The number of rotatable bonds is 5. The van der Waals surface area contributed by atoms with E-state index < -0.39 is 0 Å². The van der Waals surface area contributed by atoms with Crippen LogP contribution < -0.4 is 10.1 Å². The lowest BCUT2D eigenvalue weighted by molar-refractivity contribution is 0.0955. The molecule has 2 atom stereocenters. The molecule has 20 heavy (non-hydrogen) atoms. The molecule has 3 heteroatoms. The number of hydrogen-bond acceptors (Lipinski definition) is 3. The minimum absolute atomic E-state index is 0.321. The highest BCUT2D eigenvalue weighted by Gasteiger charge is 2.26. The summed E-state index contributed by atoms with van der Waals surface area (Å²) in [4.78, 5) is 4.44. The maximum Gasteiger partial charge on any atom is 0.218 e. The summed E-state index contributed by atoms with van der Waals surface area (Å²) in [5.41, 5.74) is 1.16. The van der Waals surface area contributed by atoms with Crippen molar-refractivity contribution in [3.63, 3.8) is 0 Å². The molecule has 2 rings (SSSR count). The molecule has 0 saturated heterocycles. The number of nitrogens with zero attached hydrogens (tertiary/aromatic N) is 1. The van der Waals surface area contributed by atoms with Crippen LogP contribution in [-0.4, -0.2) is 17.1 Å². The Morgan fingerprint density at radius 1 is 1.25 bits per heavy atom. The van der Waals surface area contributed by atoms with E-state index in [9.17, 15) is 0 Å². The van der Waals surface area contributed by atoms with Crippen LogP contribution in [0.2, 0.25) is 0 Å². The summed E-state index contributed by atoms with van der Waals surface area (Å²) < 4.78 is 6.21. The van der Waals surface area contributed by atoms with Crippen LogP contribution >= 0.6 is 0 Å². The maximum absolute atomic E-state index is 6.21. The van der Waals surface area contributed by atoms with Gasteiger partial charge in [0.2, 0.25) is 5.88 Å². The van der Waals surface area contributed by atoms with E-state index in [0.717, 1.165) is 42.7 Å². The maximum atomic E-state index is 6.21. The molecule has 1 N–H and O–H groups in total. The molecule has 3 nitrogen and oxygen atoms in total. The molecule has 0 amide bonds. The Kier molecular flexibility index (Phi) is 5.41. The minimum atomic E-state index is 0.321. The molecule has 1 heterocycles. The lowest BCUT2D eigenvalue weighted by Gasteiger charge is -2.31. The molecule has 1 aromatic heterocycles. The van der Waals surface area contributed by atoms with E-state index in [2.05, 4.69) is 44.1 Å². The molecule has 1 fully saturated rings. The van der Waals surface area contributed by atoms with Crippen molar-refractivity contribution >= 4 is 0 Å². The molecule has 0 bridgehead atoms. The Balaban J connectivity index is 2.01. The highest BCUT2D eigenvalue weighted by atomic mass is 16.5. The van der Waals surface area contributed by atoms with Gasteiger partial charge in [-0.3, -0.25) is 0 Å². The van der Waals surface area contributed by atoms with E-state index >= 15 is 0 Å². The van der Waals surface area contributed by atoms with E-state index in [1.165, 1.54) is 6.42 Å². The van der Waals surface area contributed by atoms with Gasteiger partial charge in [0.05, 0.1) is 0 Å². The Morgan fingerprint density at radius 2 is 1.95 bits per heavy atom. The van der Waals surface area contributed by atoms with Crippen LogP contribution in [0.25, 0.3) is 0 Å². The SMILES string of the molecule is CC1CC(C)CC(Oc2ncccc2CNC(C)C)C1. The molecule has 0 spiro atoms. The fraction of sp³-hybridized carbons (Fsp3) is 0.706. The van der Waals surface area contributed by atoms with E-state index in [1.54, 1.807) is 0 Å². The van der Waals surface area contributed by atoms with E-state index in [0.29, 0.717) is 12.1 Å². The van der Waals surface area contributed by atoms with Crippen LogP contribution in [0.3, 0.4) is 0 Å². The van der Waals surface area contributed by atoms with Crippen LogP contribution in [0.1, 0.15) is 52.5 Å². The molecular formula is C17H28N2O. The van der Waals surface area contributed by atoms with Gasteiger partial charge in [-0.05, 0) is 37.2 Å². The monoisotopic (exact) mass is 276 g/mol. The number of ether oxygens (including phenoxy) is 1. The molecule has 0 aromatic carbocycles. The summed E-state index contributed by atoms with van der Waals surface area (Å²) >= 11 is 0. The third-order valence-corrected chi connectivity index (χ3v) is 3.96. The highest BCUT2D eigenvalue weighted by Crippen LogP contribution is 2.31. The van der Waals surface area contributed by atoms with Crippen molar-refractivity contribution in [3.05, 3.63) is 23.9 Å². The second-order valence-electron chi connectivity index (χ2n) is 6.66. The quantitative estimate of drug-likeness (QED) is 0.888. The van der Waals surface area contributed by atoms with Crippen LogP contribution in [0, 0.1) is 11.8 Å². The van der Waals surface area contributed by atoms with Crippen LogP contribution in [0.4, 0.5) is 0 Å². The van der Waals surface area contributed by atoms with Gasteiger partial charge in [0.15, 0.2) is 0 Å². The zero-order chi connectivity index (χ0) is 14.5. The van der Waals surface area contributed by atoms with Crippen LogP contribution in [0.5, 0.6) is 5.88 Å². The second kappa shape index (κ2) is 7.07. The van der Waals surface area contributed by atoms with E-state index in [1.807, 2.05) is 12.3 Å². The lowest BCUT2D eigenvalue weighted by Crippen LogP contribution is -2.29. The fourth-order valence-corrected chi connectivity index (χ4v) is 3.11. The van der Waals surface area contributed by atoms with Crippen molar-refractivity contribution in [2.24, 2.45) is 11.8 Å². The number of nitrogens with one attached hydrogen (secondary N) is 1. The van der Waals surface area contributed by atoms with Gasteiger partial charge in [-0.25, -0.2) is 4.98 Å². The zero-order valence-electron chi connectivity index (χ0n) is 13.2. The van der Waals surface area contributed by atoms with Crippen molar-refractivity contribution in [1.29, 1.82) is 0 Å². The van der Waals surface area contributed by atoms with Gasteiger partial charge in [0, 0.05) is 24.3 Å². The molecule has 2 unspecified atom stereocenters. The average molecular weight is 276 g/mol. The summed E-state index contributed by atoms with van der Waals surface area (Å²) in [5, 5.41) is 3.44. The van der Waals surface area contributed by atoms with Crippen molar-refractivity contribution in [2.75, 3.05) is 0 Å². The Hall–Kier alpha value is -1.09. The first-order valence-corrected chi connectivity index (χ1v) is 7.88. The minimum Gasteiger partial charge on any atom is -0.474 e. The molecule has 0 radical (unpaired) electrons. The average Bonchev–Trinajstić information content (AvgIpc) is 2.36. The fourth-order valence-electron chi connectivity index (χ4n) is 3.11. The Morgan fingerprint density at radius 3 is 2.60 bits per heavy atom. The van der Waals surface area contributed by atoms with Crippen molar-refractivity contribution in [2.45, 2.75) is 65.6 Å². The largest absolute Gasteiger partial charge is 0.474 e. The molecule has 1 aliphatic carbocycles. The number of hydrogen-bond donors (Lipinski definition) is 1. The summed E-state index contributed by atoms with van der Waals surface area (Å²) in [7, 11) is 0. The highest BCUT2D eigenvalue weighted by molar-refractivity contribution is 5.25. The van der Waals surface area contributed by atoms with Gasteiger partial charge >= 0.3 is 0 Å². The normalized spacial score (nSPS) is 26.8. The predicted octanol–water partition coefficient (Wildman–Crippen LogP) is 3.78. The first-order chi connectivity index (χ1) is 9.54. The zero-order valence-corrected chi connectivity index (χ0v) is 13.2. The van der Waals surface area contributed by atoms with E-state index in [-0.39, 0.29) is 0 Å². The molecular weight excluding hydrogens is 248 g/mol. The molecule has 1 aliphatic rings. The topological polar surface area (TPSA) is 34.1 Å². The third kappa shape index (κ3) is 4.48. The van der Waals surface area contributed by atoms with Gasteiger partial charge in [-0.15, -0.1) is 0 Å². The van der Waals surface area contributed by atoms with Crippen LogP contribution in [-0.2, 0) is 6.54 Å². The second-order valence-corrected chi connectivity index (χ2v) is 6.66. The van der Waals surface area contributed by atoms with Gasteiger partial charge in [0.25, 0.3) is 0 Å². The summed E-state index contributed by atoms with van der Waals surface area (Å²) in [6, 6.07) is 4.56. The Labute approximate surface area is 123 Å². The van der Waals surface area contributed by atoms with Gasteiger partial charge in [-0.2, -0.15) is 0 Å². The lowest BCUT2D eigenvalue weighted by atomic mass is 9.82. The van der Waals surface area contributed by atoms with Gasteiger partial charge in [-0.1, -0.05) is 33.8 Å². The van der Waals surface area contributed by atoms with Crippen molar-refractivity contribution in [3.8, 4) is 5.88 Å². The Bertz CT molecular complexity index is 409. The first-order valence-electron chi connectivity index (χ1n) is 7.88. The summed E-state index contributed by atoms with van der Waals surface area (Å²) in [6.45, 7) is 9.78. The van der Waals surface area contributed by atoms with Gasteiger partial charge in [0.1, 0.15) is 6.10 Å². The van der Waals surface area contributed by atoms with Gasteiger partial charge < -0.3 is 10.1 Å². The van der Waals surface area contributed by atoms with Crippen LogP contribution in [0.15, 0.2) is 18.3 Å². The number of aromatic nitrogens is 1.